The molecule has 116 valence electrons. The van der Waals surface area contributed by atoms with Crippen LogP contribution >= 0.6 is 0 Å². The Morgan fingerprint density at radius 1 is 1.33 bits per heavy atom. The quantitative estimate of drug-likeness (QED) is 0.743. The molecule has 1 amide bonds. The average molecular weight is 306 g/mol. The van der Waals surface area contributed by atoms with Crippen LogP contribution in [0.1, 0.15) is 6.92 Å². The highest BCUT2D eigenvalue weighted by Gasteiger charge is 2.32. The van der Waals surface area contributed by atoms with E-state index in [1.165, 1.54) is 18.2 Å². The van der Waals surface area contributed by atoms with Gasteiger partial charge >= 0.3 is 12.3 Å². The second-order valence-electron chi connectivity index (χ2n) is 4.02. The SMILES string of the molecule is CC(=O)NC(CNc1ccccc1OC(F)(F)F)C(=O)O. The van der Waals surface area contributed by atoms with E-state index in [1.807, 2.05) is 0 Å². The van der Waals surface area contributed by atoms with Gasteiger partial charge in [0, 0.05) is 13.5 Å². The number of carbonyl (C=O) groups is 2. The number of carbonyl (C=O) groups excluding carboxylic acids is 1. The van der Waals surface area contributed by atoms with Crippen molar-refractivity contribution in [3.8, 4) is 5.75 Å². The number of anilines is 1. The Balaban J connectivity index is 2.78. The van der Waals surface area contributed by atoms with Gasteiger partial charge in [-0.1, -0.05) is 12.1 Å². The number of benzene rings is 1. The van der Waals surface area contributed by atoms with E-state index in [9.17, 15) is 22.8 Å². The molecule has 21 heavy (non-hydrogen) atoms. The first-order valence-electron chi connectivity index (χ1n) is 5.77. The maximum atomic E-state index is 12.2. The van der Waals surface area contributed by atoms with Crippen LogP contribution in [0.5, 0.6) is 5.75 Å². The van der Waals surface area contributed by atoms with Gasteiger partial charge in [-0.05, 0) is 12.1 Å². The van der Waals surface area contributed by atoms with Gasteiger partial charge in [0.2, 0.25) is 5.91 Å². The zero-order valence-corrected chi connectivity index (χ0v) is 10.9. The van der Waals surface area contributed by atoms with Crippen molar-refractivity contribution < 1.29 is 32.6 Å². The molecule has 1 rings (SSSR count). The topological polar surface area (TPSA) is 87.7 Å². The summed E-state index contributed by atoms with van der Waals surface area (Å²) in [5.41, 5.74) is -0.0357. The number of para-hydroxylation sites is 2. The van der Waals surface area contributed by atoms with Gasteiger partial charge in [-0.3, -0.25) is 4.79 Å². The number of amides is 1. The van der Waals surface area contributed by atoms with Crippen LogP contribution in [0, 0.1) is 0 Å². The van der Waals surface area contributed by atoms with Crippen LogP contribution in [0.3, 0.4) is 0 Å². The molecule has 0 fully saturated rings. The Kier molecular flexibility index (Phi) is 5.39. The predicted octanol–water partition coefficient (Wildman–Crippen LogP) is 1.59. The van der Waals surface area contributed by atoms with E-state index >= 15 is 0 Å². The second-order valence-corrected chi connectivity index (χ2v) is 4.02. The molecule has 0 saturated carbocycles. The molecular formula is C12H13F3N2O4. The molecule has 3 N–H and O–H groups in total. The van der Waals surface area contributed by atoms with Gasteiger partial charge in [-0.15, -0.1) is 13.2 Å². The minimum atomic E-state index is -4.86. The average Bonchev–Trinajstić information content (AvgIpc) is 2.33. The summed E-state index contributed by atoms with van der Waals surface area (Å²) in [6.07, 6.45) is -4.86. The summed E-state index contributed by atoms with van der Waals surface area (Å²) in [6.45, 7) is 0.837. The Morgan fingerprint density at radius 3 is 2.48 bits per heavy atom. The zero-order valence-electron chi connectivity index (χ0n) is 10.9. The third-order valence-electron chi connectivity index (χ3n) is 2.28. The van der Waals surface area contributed by atoms with E-state index in [4.69, 9.17) is 5.11 Å². The van der Waals surface area contributed by atoms with Crippen molar-refractivity contribution in [1.82, 2.24) is 5.32 Å². The first-order valence-corrected chi connectivity index (χ1v) is 5.77. The van der Waals surface area contributed by atoms with E-state index in [1.54, 1.807) is 0 Å². The van der Waals surface area contributed by atoms with Gasteiger partial charge in [0.15, 0.2) is 5.75 Å². The summed E-state index contributed by atoms with van der Waals surface area (Å²) < 4.78 is 40.5. The smallest absolute Gasteiger partial charge is 0.480 e. The fourth-order valence-corrected chi connectivity index (χ4v) is 1.48. The lowest BCUT2D eigenvalue weighted by atomic mass is 10.2. The first kappa shape index (κ1) is 16.6. The number of nitrogens with one attached hydrogen (secondary N) is 2. The standard InChI is InChI=1S/C12H13F3N2O4/c1-7(18)17-9(11(19)20)6-16-8-4-2-3-5-10(8)21-12(13,14)15/h2-5,9,16H,6H2,1H3,(H,17,18)(H,19,20). The number of halogens is 3. The molecule has 0 spiro atoms. The fourth-order valence-electron chi connectivity index (χ4n) is 1.48. The molecule has 1 aromatic carbocycles. The van der Waals surface area contributed by atoms with Crippen molar-refractivity contribution in [1.29, 1.82) is 0 Å². The Bertz CT molecular complexity index is 519. The van der Waals surface area contributed by atoms with Crippen LogP contribution < -0.4 is 15.4 Å². The number of hydrogen-bond acceptors (Lipinski definition) is 4. The van der Waals surface area contributed by atoms with E-state index in [2.05, 4.69) is 15.4 Å². The number of aliphatic carboxylic acids is 1. The van der Waals surface area contributed by atoms with Crippen LogP contribution in [0.25, 0.3) is 0 Å². The molecule has 0 aliphatic rings. The maximum absolute atomic E-state index is 12.2. The van der Waals surface area contributed by atoms with E-state index in [0.717, 1.165) is 13.0 Å². The highest BCUT2D eigenvalue weighted by atomic mass is 19.4. The van der Waals surface area contributed by atoms with Crippen molar-refractivity contribution in [2.45, 2.75) is 19.3 Å². The van der Waals surface area contributed by atoms with Crippen LogP contribution in [0.2, 0.25) is 0 Å². The molecule has 6 nitrogen and oxygen atoms in total. The van der Waals surface area contributed by atoms with Crippen molar-refractivity contribution in [3.05, 3.63) is 24.3 Å². The highest BCUT2D eigenvalue weighted by Crippen LogP contribution is 2.29. The van der Waals surface area contributed by atoms with Crippen molar-refractivity contribution in [2.24, 2.45) is 0 Å². The lowest BCUT2D eigenvalue weighted by Crippen LogP contribution is -2.44. The normalized spacial score (nSPS) is 12.4. The summed E-state index contributed by atoms with van der Waals surface area (Å²) >= 11 is 0. The molecule has 0 aromatic heterocycles. The molecule has 1 aromatic rings. The summed E-state index contributed by atoms with van der Waals surface area (Å²) in [4.78, 5) is 21.8. The molecule has 1 atom stereocenters. The highest BCUT2D eigenvalue weighted by molar-refractivity contribution is 5.82. The molecular weight excluding hydrogens is 293 g/mol. The first-order chi connectivity index (χ1) is 9.69. The van der Waals surface area contributed by atoms with Crippen LogP contribution in [-0.4, -0.2) is 35.9 Å². The molecule has 0 aliphatic carbocycles. The van der Waals surface area contributed by atoms with Crippen molar-refractivity contribution in [3.63, 3.8) is 0 Å². The Hall–Kier alpha value is -2.45. The maximum Gasteiger partial charge on any atom is 0.573 e. The summed E-state index contributed by atoms with van der Waals surface area (Å²) in [5.74, 6) is -2.37. The van der Waals surface area contributed by atoms with Gasteiger partial charge in [0.25, 0.3) is 0 Å². The fraction of sp³-hybridized carbons (Fsp3) is 0.333. The monoisotopic (exact) mass is 306 g/mol. The summed E-state index contributed by atoms with van der Waals surface area (Å²) in [5, 5.41) is 13.5. The van der Waals surface area contributed by atoms with Gasteiger partial charge in [0.05, 0.1) is 5.69 Å². The Morgan fingerprint density at radius 2 is 1.95 bits per heavy atom. The van der Waals surface area contributed by atoms with Gasteiger partial charge < -0.3 is 20.5 Å². The summed E-state index contributed by atoms with van der Waals surface area (Å²) in [7, 11) is 0. The third kappa shape index (κ3) is 6.02. The minimum Gasteiger partial charge on any atom is -0.480 e. The lowest BCUT2D eigenvalue weighted by molar-refractivity contribution is -0.274. The number of hydrogen-bond donors (Lipinski definition) is 3. The molecule has 0 radical (unpaired) electrons. The number of rotatable bonds is 6. The number of alkyl halides is 3. The van der Waals surface area contributed by atoms with Crippen LogP contribution in [0.4, 0.5) is 18.9 Å². The minimum absolute atomic E-state index is 0.0357. The largest absolute Gasteiger partial charge is 0.573 e. The summed E-state index contributed by atoms with van der Waals surface area (Å²) in [6, 6.07) is 3.91. The van der Waals surface area contributed by atoms with Crippen molar-refractivity contribution >= 4 is 17.6 Å². The van der Waals surface area contributed by atoms with Gasteiger partial charge in [0.1, 0.15) is 6.04 Å². The molecule has 9 heteroatoms. The Labute approximate surface area is 117 Å². The zero-order chi connectivity index (χ0) is 16.0. The lowest BCUT2D eigenvalue weighted by Gasteiger charge is -2.17. The number of ether oxygens (including phenoxy) is 1. The number of carboxylic acids is 1. The predicted molar refractivity (Wildman–Crippen MR) is 66.9 cm³/mol. The van der Waals surface area contributed by atoms with E-state index in [0.29, 0.717) is 0 Å². The van der Waals surface area contributed by atoms with E-state index < -0.39 is 30.0 Å². The molecule has 0 saturated heterocycles. The van der Waals surface area contributed by atoms with E-state index in [-0.39, 0.29) is 12.2 Å². The van der Waals surface area contributed by atoms with Gasteiger partial charge in [-0.2, -0.15) is 0 Å². The molecule has 0 heterocycles. The second kappa shape index (κ2) is 6.82. The molecule has 0 bridgehead atoms. The molecule has 0 aliphatic heterocycles. The molecule has 1 unspecified atom stereocenters. The van der Waals surface area contributed by atoms with Crippen LogP contribution in [0.15, 0.2) is 24.3 Å². The van der Waals surface area contributed by atoms with Gasteiger partial charge in [-0.25, -0.2) is 4.79 Å². The van der Waals surface area contributed by atoms with Crippen molar-refractivity contribution in [2.75, 3.05) is 11.9 Å². The third-order valence-corrected chi connectivity index (χ3v) is 2.28. The van der Waals surface area contributed by atoms with Crippen LogP contribution in [-0.2, 0) is 9.59 Å². The number of carboxylic acid groups (broad SMARTS) is 1.